The second-order valence-electron chi connectivity index (χ2n) is 10.3. The van der Waals surface area contributed by atoms with Gasteiger partial charge >= 0.3 is 12.1 Å². The third kappa shape index (κ3) is 16.6. The standard InChI is InChI=1S/C29H49NO4/c1-5-6-7-8-9-10-11-12-13-14-15-16-20-23-33-27(31)26(24-25-21-18-17-19-22-25)30-28(32)34-29(2,3)4/h17-19,21-22,26H,5-16,20,23-24H2,1-4H3,(H,30,32)/t26-/m0/s1. The molecule has 1 atom stereocenters. The van der Waals surface area contributed by atoms with E-state index in [1.807, 2.05) is 30.3 Å². The van der Waals surface area contributed by atoms with Crippen molar-refractivity contribution in [3.8, 4) is 0 Å². The van der Waals surface area contributed by atoms with E-state index in [1.165, 1.54) is 70.6 Å². The zero-order chi connectivity index (χ0) is 25.1. The van der Waals surface area contributed by atoms with Gasteiger partial charge in [0, 0.05) is 6.42 Å². The molecule has 0 saturated heterocycles. The van der Waals surface area contributed by atoms with Crippen LogP contribution in [0.1, 0.15) is 117 Å². The van der Waals surface area contributed by atoms with Crippen LogP contribution in [0.25, 0.3) is 0 Å². The lowest BCUT2D eigenvalue weighted by Crippen LogP contribution is -2.45. The molecule has 0 radical (unpaired) electrons. The van der Waals surface area contributed by atoms with Crippen LogP contribution in [0.3, 0.4) is 0 Å². The molecule has 0 bridgehead atoms. The molecule has 194 valence electrons. The fourth-order valence-electron chi connectivity index (χ4n) is 3.89. The summed E-state index contributed by atoms with van der Waals surface area (Å²) in [6, 6.07) is 8.86. The number of hydrogen-bond acceptors (Lipinski definition) is 4. The monoisotopic (exact) mass is 475 g/mol. The molecular formula is C29H49NO4. The molecular weight excluding hydrogens is 426 g/mol. The van der Waals surface area contributed by atoms with Gasteiger partial charge in [-0.2, -0.15) is 0 Å². The number of carbonyl (C=O) groups is 2. The van der Waals surface area contributed by atoms with Gasteiger partial charge in [-0.25, -0.2) is 9.59 Å². The van der Waals surface area contributed by atoms with Crippen LogP contribution in [0.15, 0.2) is 30.3 Å². The minimum absolute atomic E-state index is 0.373. The number of hydrogen-bond donors (Lipinski definition) is 1. The van der Waals surface area contributed by atoms with Crippen molar-refractivity contribution >= 4 is 12.1 Å². The lowest BCUT2D eigenvalue weighted by molar-refractivity contribution is -0.146. The summed E-state index contributed by atoms with van der Waals surface area (Å²) in [6.07, 6.45) is 16.4. The van der Waals surface area contributed by atoms with E-state index >= 15 is 0 Å². The number of rotatable bonds is 18. The maximum absolute atomic E-state index is 12.7. The van der Waals surface area contributed by atoms with E-state index in [0.717, 1.165) is 18.4 Å². The third-order valence-electron chi connectivity index (χ3n) is 5.75. The smallest absolute Gasteiger partial charge is 0.408 e. The van der Waals surface area contributed by atoms with Crippen LogP contribution >= 0.6 is 0 Å². The van der Waals surface area contributed by atoms with E-state index < -0.39 is 23.7 Å². The van der Waals surface area contributed by atoms with Crippen LogP contribution in [-0.2, 0) is 20.7 Å². The Morgan fingerprint density at radius 1 is 0.794 bits per heavy atom. The first-order valence-corrected chi connectivity index (χ1v) is 13.5. The minimum atomic E-state index is -0.765. The molecule has 1 aromatic carbocycles. The van der Waals surface area contributed by atoms with E-state index in [-0.39, 0.29) is 0 Å². The van der Waals surface area contributed by atoms with Gasteiger partial charge < -0.3 is 14.8 Å². The average molecular weight is 476 g/mol. The van der Waals surface area contributed by atoms with Crippen molar-refractivity contribution < 1.29 is 19.1 Å². The zero-order valence-corrected chi connectivity index (χ0v) is 22.2. The highest BCUT2D eigenvalue weighted by Crippen LogP contribution is 2.13. The van der Waals surface area contributed by atoms with Gasteiger partial charge in [0.05, 0.1) is 6.61 Å². The zero-order valence-electron chi connectivity index (χ0n) is 22.2. The van der Waals surface area contributed by atoms with Crippen LogP contribution in [0.5, 0.6) is 0 Å². The largest absolute Gasteiger partial charge is 0.464 e. The summed E-state index contributed by atoms with van der Waals surface area (Å²) in [4.78, 5) is 24.9. The summed E-state index contributed by atoms with van der Waals surface area (Å²) in [5, 5.41) is 2.69. The fraction of sp³-hybridized carbons (Fsp3) is 0.724. The molecule has 1 rings (SSSR count). The Labute approximate surface area is 208 Å². The first-order valence-electron chi connectivity index (χ1n) is 13.5. The predicted molar refractivity (Wildman–Crippen MR) is 140 cm³/mol. The summed E-state index contributed by atoms with van der Waals surface area (Å²) in [5.74, 6) is -0.409. The number of nitrogens with one attached hydrogen (secondary N) is 1. The van der Waals surface area contributed by atoms with E-state index in [4.69, 9.17) is 9.47 Å². The normalized spacial score (nSPS) is 12.2. The van der Waals surface area contributed by atoms with Crippen molar-refractivity contribution in [2.45, 2.75) is 129 Å². The van der Waals surface area contributed by atoms with Crippen molar-refractivity contribution in [3.05, 3.63) is 35.9 Å². The van der Waals surface area contributed by atoms with Gasteiger partial charge in [0.1, 0.15) is 11.6 Å². The molecule has 0 saturated carbocycles. The Morgan fingerprint density at radius 2 is 1.29 bits per heavy atom. The quantitative estimate of drug-likeness (QED) is 0.174. The van der Waals surface area contributed by atoms with Crippen molar-refractivity contribution in [1.29, 1.82) is 0 Å². The summed E-state index contributed by atoms with van der Waals surface area (Å²) >= 11 is 0. The van der Waals surface area contributed by atoms with Gasteiger partial charge in [-0.3, -0.25) is 0 Å². The molecule has 1 aromatic rings. The molecule has 0 unspecified atom stereocenters. The number of esters is 1. The number of amides is 1. The second kappa shape index (κ2) is 18.3. The van der Waals surface area contributed by atoms with E-state index in [2.05, 4.69) is 12.2 Å². The van der Waals surface area contributed by atoms with Gasteiger partial charge in [-0.1, -0.05) is 114 Å². The molecule has 0 aliphatic heterocycles. The molecule has 5 heteroatoms. The molecule has 0 fully saturated rings. The van der Waals surface area contributed by atoms with Gasteiger partial charge in [0.15, 0.2) is 0 Å². The highest BCUT2D eigenvalue weighted by atomic mass is 16.6. The van der Waals surface area contributed by atoms with Gasteiger partial charge in [-0.05, 0) is 32.8 Å². The van der Waals surface area contributed by atoms with Crippen LogP contribution < -0.4 is 5.32 Å². The maximum atomic E-state index is 12.7. The van der Waals surface area contributed by atoms with Crippen molar-refractivity contribution in [3.63, 3.8) is 0 Å². The van der Waals surface area contributed by atoms with E-state index in [0.29, 0.717) is 13.0 Å². The van der Waals surface area contributed by atoms with E-state index in [9.17, 15) is 9.59 Å². The average Bonchev–Trinajstić information content (AvgIpc) is 2.78. The number of carbonyl (C=O) groups excluding carboxylic acids is 2. The molecule has 1 amide bonds. The Hall–Kier alpha value is -2.04. The predicted octanol–water partition coefficient (Wildman–Crippen LogP) is 7.76. The lowest BCUT2D eigenvalue weighted by Gasteiger charge is -2.23. The topological polar surface area (TPSA) is 64.6 Å². The molecule has 0 aromatic heterocycles. The third-order valence-corrected chi connectivity index (χ3v) is 5.75. The lowest BCUT2D eigenvalue weighted by atomic mass is 10.0. The molecule has 0 heterocycles. The van der Waals surface area contributed by atoms with Gasteiger partial charge in [0.25, 0.3) is 0 Å². The first kappa shape index (κ1) is 30.0. The number of ether oxygens (including phenoxy) is 2. The SMILES string of the molecule is CCCCCCCCCCCCCCCOC(=O)[C@H](Cc1ccccc1)NC(=O)OC(C)(C)C. The molecule has 0 aliphatic carbocycles. The number of unbranched alkanes of at least 4 members (excludes halogenated alkanes) is 12. The minimum Gasteiger partial charge on any atom is -0.464 e. The highest BCUT2D eigenvalue weighted by Gasteiger charge is 2.25. The van der Waals surface area contributed by atoms with Crippen molar-refractivity contribution in [1.82, 2.24) is 5.32 Å². The summed E-state index contributed by atoms with van der Waals surface area (Å²) < 4.78 is 10.8. The maximum Gasteiger partial charge on any atom is 0.408 e. The van der Waals surface area contributed by atoms with Crippen molar-refractivity contribution in [2.24, 2.45) is 0 Å². The fourth-order valence-corrected chi connectivity index (χ4v) is 3.89. The molecule has 0 spiro atoms. The summed E-state index contributed by atoms with van der Waals surface area (Å²) in [6.45, 7) is 8.04. The van der Waals surface area contributed by atoms with Crippen molar-refractivity contribution in [2.75, 3.05) is 6.61 Å². The molecule has 1 N–H and O–H groups in total. The Balaban J connectivity index is 2.22. The Kier molecular flexibility index (Phi) is 16.1. The van der Waals surface area contributed by atoms with Crippen LogP contribution in [0.2, 0.25) is 0 Å². The van der Waals surface area contributed by atoms with Crippen LogP contribution in [-0.4, -0.2) is 30.3 Å². The molecule has 34 heavy (non-hydrogen) atoms. The molecule has 0 aliphatic rings. The Bertz CT molecular complexity index is 654. The summed E-state index contributed by atoms with van der Waals surface area (Å²) in [5.41, 5.74) is 0.335. The Morgan fingerprint density at radius 3 is 1.79 bits per heavy atom. The van der Waals surface area contributed by atoms with E-state index in [1.54, 1.807) is 20.8 Å². The highest BCUT2D eigenvalue weighted by molar-refractivity contribution is 5.81. The number of alkyl carbamates (subject to hydrolysis) is 1. The first-order chi connectivity index (χ1) is 16.3. The van der Waals surface area contributed by atoms with Crippen LogP contribution in [0.4, 0.5) is 4.79 Å². The second-order valence-corrected chi connectivity index (χ2v) is 10.3. The van der Waals surface area contributed by atoms with Gasteiger partial charge in [0.2, 0.25) is 0 Å². The molecule has 5 nitrogen and oxygen atoms in total. The summed E-state index contributed by atoms with van der Waals surface area (Å²) in [7, 11) is 0. The number of benzene rings is 1. The van der Waals surface area contributed by atoms with Gasteiger partial charge in [-0.15, -0.1) is 0 Å². The van der Waals surface area contributed by atoms with Crippen LogP contribution in [0, 0.1) is 0 Å².